The van der Waals surface area contributed by atoms with Crippen molar-refractivity contribution in [3.63, 3.8) is 0 Å². The molecule has 0 aliphatic heterocycles. The molecular formula is C9H14N4. The van der Waals surface area contributed by atoms with Crippen molar-refractivity contribution in [1.82, 2.24) is 9.78 Å². The zero-order valence-electron chi connectivity index (χ0n) is 7.99. The Kier molecular flexibility index (Phi) is 2.84. The molecule has 0 bridgehead atoms. The van der Waals surface area contributed by atoms with Crippen LogP contribution in [0.1, 0.15) is 18.9 Å². The van der Waals surface area contributed by atoms with E-state index in [1.165, 1.54) is 0 Å². The summed E-state index contributed by atoms with van der Waals surface area (Å²) in [6, 6.07) is 0. The molecule has 1 rings (SSSR count). The second-order valence-corrected chi connectivity index (χ2v) is 2.73. The van der Waals surface area contributed by atoms with Gasteiger partial charge in [0.15, 0.2) is 11.6 Å². The lowest BCUT2D eigenvalue weighted by molar-refractivity contribution is 0.934. The summed E-state index contributed by atoms with van der Waals surface area (Å²) in [7, 11) is 0. The number of anilines is 1. The largest absolute Gasteiger partial charge is 0.382 e. The van der Waals surface area contributed by atoms with Crippen molar-refractivity contribution in [2.24, 2.45) is 4.99 Å². The highest BCUT2D eigenvalue weighted by molar-refractivity contribution is 5.58. The Balaban J connectivity index is 3.13. The molecule has 1 heterocycles. The fourth-order valence-corrected chi connectivity index (χ4v) is 1.03. The molecule has 4 heteroatoms. The fraction of sp³-hybridized carbons (Fsp3) is 0.333. The van der Waals surface area contributed by atoms with E-state index in [1.54, 1.807) is 4.68 Å². The van der Waals surface area contributed by atoms with Gasteiger partial charge >= 0.3 is 0 Å². The van der Waals surface area contributed by atoms with Gasteiger partial charge < -0.3 is 5.73 Å². The van der Waals surface area contributed by atoms with Crippen molar-refractivity contribution in [2.75, 3.05) is 5.73 Å². The van der Waals surface area contributed by atoms with E-state index < -0.39 is 0 Å². The first-order valence-electron chi connectivity index (χ1n) is 4.18. The summed E-state index contributed by atoms with van der Waals surface area (Å²) in [6.45, 7) is 7.40. The predicted octanol–water partition coefficient (Wildman–Crippen LogP) is 1.99. The van der Waals surface area contributed by atoms with Crippen LogP contribution < -0.4 is 5.73 Å². The molecule has 2 N–H and O–H groups in total. The maximum atomic E-state index is 5.64. The van der Waals surface area contributed by atoms with Crippen molar-refractivity contribution >= 4 is 24.6 Å². The molecule has 0 atom stereocenters. The van der Waals surface area contributed by atoms with Crippen LogP contribution in [0.2, 0.25) is 0 Å². The van der Waals surface area contributed by atoms with Gasteiger partial charge in [-0.25, -0.2) is 9.67 Å². The van der Waals surface area contributed by atoms with E-state index in [2.05, 4.69) is 23.7 Å². The predicted molar refractivity (Wildman–Crippen MR) is 56.2 cm³/mol. The van der Waals surface area contributed by atoms with Crippen LogP contribution in [0.3, 0.4) is 0 Å². The molecular weight excluding hydrogens is 164 g/mol. The number of hydrogen-bond donors (Lipinski definition) is 1. The van der Waals surface area contributed by atoms with Gasteiger partial charge in [-0.2, -0.15) is 0 Å². The normalized spacial score (nSPS) is 10.9. The Labute approximate surface area is 77.8 Å². The highest BCUT2D eigenvalue weighted by Gasteiger charge is 2.07. The fourth-order valence-electron chi connectivity index (χ4n) is 1.03. The number of rotatable bonds is 3. The molecule has 0 spiro atoms. The SMILES string of the molecule is C=Nc1c(C)c(N)nn1/C=C\CC. The molecule has 0 aromatic carbocycles. The number of nitrogen functional groups attached to an aromatic ring is 1. The van der Waals surface area contributed by atoms with Crippen LogP contribution in [0.15, 0.2) is 11.1 Å². The zero-order chi connectivity index (χ0) is 9.84. The Morgan fingerprint density at radius 2 is 2.38 bits per heavy atom. The lowest BCUT2D eigenvalue weighted by atomic mass is 10.3. The molecule has 0 amide bonds. The molecule has 0 aliphatic rings. The van der Waals surface area contributed by atoms with Crippen LogP contribution in [0.25, 0.3) is 6.20 Å². The third kappa shape index (κ3) is 1.77. The number of nitrogens with zero attached hydrogens (tertiary/aromatic N) is 3. The van der Waals surface area contributed by atoms with Crippen molar-refractivity contribution in [3.8, 4) is 0 Å². The average Bonchev–Trinajstić information content (AvgIpc) is 2.39. The van der Waals surface area contributed by atoms with E-state index in [1.807, 2.05) is 19.2 Å². The number of allylic oxidation sites excluding steroid dienone is 1. The summed E-state index contributed by atoms with van der Waals surface area (Å²) in [4.78, 5) is 3.86. The Morgan fingerprint density at radius 3 is 2.92 bits per heavy atom. The second-order valence-electron chi connectivity index (χ2n) is 2.73. The molecule has 4 nitrogen and oxygen atoms in total. The van der Waals surface area contributed by atoms with Gasteiger partial charge in [-0.1, -0.05) is 13.0 Å². The maximum Gasteiger partial charge on any atom is 0.159 e. The van der Waals surface area contributed by atoms with Crippen LogP contribution in [-0.2, 0) is 0 Å². The molecule has 0 saturated carbocycles. The van der Waals surface area contributed by atoms with Gasteiger partial charge in [0, 0.05) is 11.8 Å². The first kappa shape index (κ1) is 9.51. The number of nitrogens with two attached hydrogens (primary N) is 1. The summed E-state index contributed by atoms with van der Waals surface area (Å²) in [5.74, 6) is 1.21. The van der Waals surface area contributed by atoms with Crippen LogP contribution in [0.5, 0.6) is 0 Å². The van der Waals surface area contributed by atoms with E-state index >= 15 is 0 Å². The topological polar surface area (TPSA) is 56.2 Å². The monoisotopic (exact) mass is 178 g/mol. The van der Waals surface area contributed by atoms with E-state index in [4.69, 9.17) is 5.73 Å². The first-order valence-corrected chi connectivity index (χ1v) is 4.18. The minimum absolute atomic E-state index is 0.503. The van der Waals surface area contributed by atoms with Gasteiger partial charge in [-0.3, -0.25) is 0 Å². The lowest BCUT2D eigenvalue weighted by Crippen LogP contribution is -1.90. The van der Waals surface area contributed by atoms with E-state index in [0.717, 1.165) is 12.0 Å². The summed E-state index contributed by atoms with van der Waals surface area (Å²) < 4.78 is 1.64. The highest BCUT2D eigenvalue weighted by atomic mass is 15.3. The summed E-state index contributed by atoms with van der Waals surface area (Å²) in [5.41, 5.74) is 6.51. The van der Waals surface area contributed by atoms with Gasteiger partial charge in [-0.05, 0) is 20.1 Å². The minimum atomic E-state index is 0.503. The molecule has 0 saturated heterocycles. The van der Waals surface area contributed by atoms with Crippen molar-refractivity contribution in [3.05, 3.63) is 11.6 Å². The van der Waals surface area contributed by atoms with Gasteiger partial charge in [0.1, 0.15) is 0 Å². The highest BCUT2D eigenvalue weighted by Crippen LogP contribution is 2.23. The third-order valence-electron chi connectivity index (χ3n) is 1.78. The Morgan fingerprint density at radius 1 is 1.69 bits per heavy atom. The molecule has 0 unspecified atom stereocenters. The molecule has 70 valence electrons. The summed E-state index contributed by atoms with van der Waals surface area (Å²) in [5, 5.41) is 4.09. The van der Waals surface area contributed by atoms with Crippen LogP contribution in [0, 0.1) is 6.92 Å². The summed E-state index contributed by atoms with van der Waals surface area (Å²) in [6.07, 6.45) is 4.78. The summed E-state index contributed by atoms with van der Waals surface area (Å²) >= 11 is 0. The zero-order valence-corrected chi connectivity index (χ0v) is 7.99. The maximum absolute atomic E-state index is 5.64. The van der Waals surface area contributed by atoms with Gasteiger partial charge in [0.25, 0.3) is 0 Å². The molecule has 13 heavy (non-hydrogen) atoms. The Bertz CT molecular complexity index is 336. The van der Waals surface area contributed by atoms with E-state index in [9.17, 15) is 0 Å². The van der Waals surface area contributed by atoms with Crippen molar-refractivity contribution < 1.29 is 0 Å². The van der Waals surface area contributed by atoms with Crippen molar-refractivity contribution in [2.45, 2.75) is 20.3 Å². The van der Waals surface area contributed by atoms with Crippen LogP contribution in [-0.4, -0.2) is 16.5 Å². The average molecular weight is 178 g/mol. The van der Waals surface area contributed by atoms with E-state index in [0.29, 0.717) is 11.6 Å². The van der Waals surface area contributed by atoms with Crippen LogP contribution in [0.4, 0.5) is 11.6 Å². The van der Waals surface area contributed by atoms with Gasteiger partial charge in [0.2, 0.25) is 0 Å². The van der Waals surface area contributed by atoms with Gasteiger partial charge in [-0.15, -0.1) is 5.10 Å². The number of aromatic nitrogens is 2. The second kappa shape index (κ2) is 3.89. The number of hydrogen-bond acceptors (Lipinski definition) is 3. The smallest absolute Gasteiger partial charge is 0.159 e. The molecule has 0 radical (unpaired) electrons. The third-order valence-corrected chi connectivity index (χ3v) is 1.78. The van der Waals surface area contributed by atoms with E-state index in [-0.39, 0.29) is 0 Å². The van der Waals surface area contributed by atoms with Crippen LogP contribution >= 0.6 is 0 Å². The van der Waals surface area contributed by atoms with Gasteiger partial charge in [0.05, 0.1) is 0 Å². The standard InChI is InChI=1S/C9H14N4/c1-4-5-6-13-9(11-3)7(2)8(10)12-13/h5-6H,3-4H2,1-2H3,(H2,10,12)/b6-5-. The quantitative estimate of drug-likeness (QED) is 0.719. The number of aliphatic imine (C=N–C) groups is 1. The van der Waals surface area contributed by atoms with Crippen molar-refractivity contribution in [1.29, 1.82) is 0 Å². The molecule has 0 aliphatic carbocycles. The first-order chi connectivity index (χ1) is 6.20. The molecule has 0 fully saturated rings. The Hall–Kier alpha value is -1.58. The lowest BCUT2D eigenvalue weighted by Gasteiger charge is -1.94. The minimum Gasteiger partial charge on any atom is -0.382 e. The molecule has 1 aromatic rings. The molecule has 1 aromatic heterocycles.